The van der Waals surface area contributed by atoms with Crippen molar-refractivity contribution in [1.82, 2.24) is 0 Å². The second kappa shape index (κ2) is 3.69. The average Bonchev–Trinajstić information content (AvgIpc) is 1.86. The van der Waals surface area contributed by atoms with Crippen LogP contribution in [0.1, 0.15) is 25.7 Å². The van der Waals surface area contributed by atoms with Crippen LogP contribution in [-0.2, 0) is 0 Å². The quantitative estimate of drug-likeness (QED) is 0.438. The van der Waals surface area contributed by atoms with Gasteiger partial charge in [0.1, 0.15) is 0 Å². The predicted molar refractivity (Wildman–Crippen MR) is 33.0 cm³/mol. The highest BCUT2D eigenvalue weighted by Crippen LogP contribution is 2.16. The van der Waals surface area contributed by atoms with Crippen molar-refractivity contribution < 1.29 is 5.11 Å². The van der Waals surface area contributed by atoms with E-state index in [9.17, 15) is 0 Å². The number of rotatable bonds is 0. The van der Waals surface area contributed by atoms with Gasteiger partial charge in [-0.3, -0.25) is 0 Å². The molecule has 40 valence electrons. The van der Waals surface area contributed by atoms with Crippen LogP contribution in [-0.4, -0.2) is 34.3 Å². The Morgan fingerprint density at radius 1 is 1.14 bits per heavy atom. The van der Waals surface area contributed by atoms with E-state index < -0.39 is 0 Å². The van der Waals surface area contributed by atoms with Gasteiger partial charge in [-0.2, -0.15) is 0 Å². The average molecular weight is 112 g/mol. The van der Waals surface area contributed by atoms with E-state index in [1.807, 2.05) is 0 Å². The fraction of sp³-hybridized carbons (Fsp3) is 1.00. The third-order valence-electron chi connectivity index (χ3n) is 1.32. The monoisotopic (exact) mass is 112 g/mol. The number of hydrogen-bond acceptors (Lipinski definition) is 1. The highest BCUT2D eigenvalue weighted by atomic mass is 24.3. The maximum Gasteiger partial charge on any atom is 0.316 e. The van der Waals surface area contributed by atoms with E-state index in [-0.39, 0.29) is 29.2 Å². The first-order valence-corrected chi connectivity index (χ1v) is 2.57. The van der Waals surface area contributed by atoms with E-state index in [1.54, 1.807) is 0 Å². The van der Waals surface area contributed by atoms with Crippen molar-refractivity contribution in [3.8, 4) is 0 Å². The maximum atomic E-state index is 8.73. The molecule has 1 aliphatic rings. The summed E-state index contributed by atoms with van der Waals surface area (Å²) < 4.78 is 0. The zero-order chi connectivity index (χ0) is 4.41. The van der Waals surface area contributed by atoms with Crippen LogP contribution in [0.5, 0.6) is 0 Å². The molecule has 0 bridgehead atoms. The van der Waals surface area contributed by atoms with E-state index in [4.69, 9.17) is 5.11 Å². The van der Waals surface area contributed by atoms with Crippen LogP contribution in [0.25, 0.3) is 0 Å². The minimum atomic E-state index is 0. The van der Waals surface area contributed by atoms with Crippen molar-refractivity contribution in [3.05, 3.63) is 0 Å². The molecule has 0 unspecified atom stereocenters. The molecule has 0 spiro atoms. The molecule has 1 nitrogen and oxygen atoms in total. The Hall–Kier alpha value is 0.726. The smallest absolute Gasteiger partial charge is 0.316 e. The van der Waals surface area contributed by atoms with Crippen LogP contribution in [0.2, 0.25) is 0 Å². The van der Waals surface area contributed by atoms with Gasteiger partial charge in [-0.1, -0.05) is 12.8 Å². The lowest BCUT2D eigenvalue weighted by Crippen LogP contribution is -1.94. The molecule has 0 saturated heterocycles. The van der Waals surface area contributed by atoms with Crippen molar-refractivity contribution in [1.29, 1.82) is 0 Å². The predicted octanol–water partition coefficient (Wildman–Crippen LogP) is 0.00510. The van der Waals surface area contributed by atoms with Gasteiger partial charge in [0, 0.05) is 0 Å². The van der Waals surface area contributed by atoms with Gasteiger partial charge in [-0.05, 0) is 12.8 Å². The van der Waals surface area contributed by atoms with Crippen LogP contribution in [0.15, 0.2) is 0 Å². The van der Waals surface area contributed by atoms with Gasteiger partial charge in [0.25, 0.3) is 0 Å². The fourth-order valence-electron chi connectivity index (χ4n) is 0.904. The van der Waals surface area contributed by atoms with Crippen molar-refractivity contribution in [2.24, 2.45) is 0 Å². The van der Waals surface area contributed by atoms with Gasteiger partial charge in [-0.25, -0.2) is 0 Å². The molecule has 1 N–H and O–H groups in total. The van der Waals surface area contributed by atoms with Crippen LogP contribution in [0.3, 0.4) is 0 Å². The van der Waals surface area contributed by atoms with Crippen molar-refractivity contribution in [3.63, 3.8) is 0 Å². The van der Waals surface area contributed by atoms with Gasteiger partial charge in [-0.15, -0.1) is 0 Å². The molecule has 0 heterocycles. The van der Waals surface area contributed by atoms with Gasteiger partial charge in [0.15, 0.2) is 0 Å². The molecule has 0 aromatic heterocycles. The second-order valence-corrected chi connectivity index (χ2v) is 1.94. The maximum absolute atomic E-state index is 8.73. The summed E-state index contributed by atoms with van der Waals surface area (Å²) in [6.07, 6.45) is 4.60. The highest BCUT2D eigenvalue weighted by Gasteiger charge is 2.09. The summed E-state index contributed by atoms with van der Waals surface area (Å²) in [5.41, 5.74) is 0. The third kappa shape index (κ3) is 2.52. The zero-order valence-electron chi connectivity index (χ0n) is 3.85. The first-order chi connectivity index (χ1) is 2.89. The third-order valence-corrected chi connectivity index (χ3v) is 1.32. The summed E-state index contributed by atoms with van der Waals surface area (Å²) in [5, 5.41) is 8.73. The lowest BCUT2D eigenvalue weighted by atomic mass is 10.3. The van der Waals surface area contributed by atoms with Gasteiger partial charge in [0.05, 0.1) is 6.10 Å². The van der Waals surface area contributed by atoms with Crippen molar-refractivity contribution in [2.45, 2.75) is 31.8 Å². The minimum absolute atomic E-state index is 0. The standard InChI is InChI=1S/C5H10O.Mg.2H/c6-5-3-1-2-4-5;;;/h5-6H,1-4H2;;;. The first-order valence-electron chi connectivity index (χ1n) is 2.57. The van der Waals surface area contributed by atoms with E-state index in [2.05, 4.69) is 0 Å². The van der Waals surface area contributed by atoms with Crippen LogP contribution < -0.4 is 0 Å². The lowest BCUT2D eigenvalue weighted by Gasteiger charge is -1.91. The van der Waals surface area contributed by atoms with E-state index in [1.165, 1.54) is 12.8 Å². The molecule has 1 aliphatic carbocycles. The van der Waals surface area contributed by atoms with Crippen LogP contribution in [0, 0.1) is 0 Å². The Balaban J connectivity index is 0.000000360. The molecule has 0 radical (unpaired) electrons. The number of aliphatic hydroxyl groups excluding tert-OH is 1. The van der Waals surface area contributed by atoms with E-state index in [0.717, 1.165) is 12.8 Å². The molecule has 0 aromatic carbocycles. The van der Waals surface area contributed by atoms with E-state index in [0.29, 0.717) is 0 Å². The van der Waals surface area contributed by atoms with Crippen molar-refractivity contribution in [2.75, 3.05) is 0 Å². The fourth-order valence-corrected chi connectivity index (χ4v) is 0.904. The van der Waals surface area contributed by atoms with Gasteiger partial charge in [0.2, 0.25) is 0 Å². The molecule has 1 saturated carbocycles. The first kappa shape index (κ1) is 7.73. The summed E-state index contributed by atoms with van der Waals surface area (Å²) in [7, 11) is 0. The molecular weight excluding hydrogens is 100 g/mol. The molecule has 0 atom stereocenters. The molecule has 0 amide bonds. The Bertz CT molecular complexity index is 41.3. The SMILES string of the molecule is OC1CCCC1.[MgH2]. The Labute approximate surface area is 60.3 Å². The van der Waals surface area contributed by atoms with Gasteiger partial charge >= 0.3 is 23.1 Å². The van der Waals surface area contributed by atoms with Crippen LogP contribution >= 0.6 is 0 Å². The van der Waals surface area contributed by atoms with Gasteiger partial charge < -0.3 is 5.11 Å². The molecule has 1 fully saturated rings. The lowest BCUT2D eigenvalue weighted by molar-refractivity contribution is 0.183. The highest BCUT2D eigenvalue weighted by molar-refractivity contribution is 5.75. The second-order valence-electron chi connectivity index (χ2n) is 1.94. The molecule has 0 aliphatic heterocycles. The molecule has 2 heteroatoms. The van der Waals surface area contributed by atoms with Crippen LogP contribution in [0.4, 0.5) is 0 Å². The molecule has 7 heavy (non-hydrogen) atoms. The van der Waals surface area contributed by atoms with Crippen molar-refractivity contribution >= 4 is 23.1 Å². The van der Waals surface area contributed by atoms with E-state index >= 15 is 0 Å². The number of aliphatic hydroxyl groups is 1. The largest absolute Gasteiger partial charge is 0.393 e. The Kier molecular flexibility index (Phi) is 4.08. The Morgan fingerprint density at radius 2 is 1.57 bits per heavy atom. The summed E-state index contributed by atoms with van der Waals surface area (Å²) >= 11 is 0. The zero-order valence-corrected chi connectivity index (χ0v) is 3.85. The summed E-state index contributed by atoms with van der Waals surface area (Å²) in [6.45, 7) is 0. The summed E-state index contributed by atoms with van der Waals surface area (Å²) in [4.78, 5) is 0. The number of hydrogen-bond donors (Lipinski definition) is 1. The molecular formula is C5H12MgO. The minimum Gasteiger partial charge on any atom is -0.393 e. The topological polar surface area (TPSA) is 20.2 Å². The summed E-state index contributed by atoms with van der Waals surface area (Å²) in [5.74, 6) is 0. The summed E-state index contributed by atoms with van der Waals surface area (Å²) in [6, 6.07) is 0. The normalized spacial score (nSPS) is 21.9. The molecule has 1 rings (SSSR count). The molecule has 0 aromatic rings. The Morgan fingerprint density at radius 3 is 1.71 bits per heavy atom.